The van der Waals surface area contributed by atoms with Crippen LogP contribution < -0.4 is 11.1 Å². The average molecular weight is 482 g/mol. The van der Waals surface area contributed by atoms with Crippen molar-refractivity contribution in [2.75, 3.05) is 19.4 Å². The predicted octanol–water partition coefficient (Wildman–Crippen LogP) is 5.31. The third-order valence-electron chi connectivity index (χ3n) is 6.39. The number of rotatable bonds is 5. The number of primary amides is 1. The number of urea groups is 1. The molecular weight excluding hydrogens is 454 g/mol. The molecule has 0 aliphatic carbocycles. The van der Waals surface area contributed by atoms with Crippen molar-refractivity contribution in [1.29, 1.82) is 0 Å². The van der Waals surface area contributed by atoms with Gasteiger partial charge < -0.3 is 25.0 Å². The van der Waals surface area contributed by atoms with Gasteiger partial charge in [-0.2, -0.15) is 0 Å². The molecule has 8 heteroatoms. The Morgan fingerprint density at radius 3 is 2.42 bits per heavy atom. The first-order chi connectivity index (χ1) is 17.2. The zero-order valence-electron chi connectivity index (χ0n) is 20.6. The summed E-state index contributed by atoms with van der Waals surface area (Å²) in [5.41, 5.74) is 12.2. The highest BCUT2D eigenvalue weighted by atomic mass is 16.5. The van der Waals surface area contributed by atoms with Crippen molar-refractivity contribution >= 4 is 39.4 Å². The number of nitrogens with zero attached hydrogens (tertiary/aromatic N) is 3. The summed E-state index contributed by atoms with van der Waals surface area (Å²) in [4.78, 5) is 26.5. The normalized spacial score (nSPS) is 11.2. The van der Waals surface area contributed by atoms with E-state index in [9.17, 15) is 9.59 Å². The summed E-state index contributed by atoms with van der Waals surface area (Å²) >= 11 is 0. The second kappa shape index (κ2) is 8.88. The van der Waals surface area contributed by atoms with Gasteiger partial charge in [0.25, 0.3) is 0 Å². The molecule has 36 heavy (non-hydrogen) atoms. The van der Waals surface area contributed by atoms with Crippen LogP contribution in [0.1, 0.15) is 27.4 Å². The lowest BCUT2D eigenvalue weighted by Crippen LogP contribution is -2.27. The fourth-order valence-electron chi connectivity index (χ4n) is 4.71. The van der Waals surface area contributed by atoms with Crippen LogP contribution >= 0.6 is 0 Å². The number of hydrogen-bond donors (Lipinski definition) is 2. The van der Waals surface area contributed by atoms with E-state index in [1.165, 1.54) is 4.90 Å². The number of carbonyl (C=O) groups excluding carboxylic acids is 2. The van der Waals surface area contributed by atoms with Crippen LogP contribution in [0.3, 0.4) is 0 Å². The van der Waals surface area contributed by atoms with E-state index >= 15 is 0 Å². The van der Waals surface area contributed by atoms with Crippen molar-refractivity contribution in [3.05, 3.63) is 83.2 Å². The summed E-state index contributed by atoms with van der Waals surface area (Å²) in [6, 6.07) is 19.4. The number of amides is 3. The summed E-state index contributed by atoms with van der Waals surface area (Å²) < 4.78 is 7.57. The molecule has 0 bridgehead atoms. The number of hydrogen-bond acceptors (Lipinski definition) is 4. The molecule has 3 N–H and O–H groups in total. The number of fused-ring (bicyclic) bond motifs is 3. The van der Waals surface area contributed by atoms with Gasteiger partial charge in [0.15, 0.2) is 0 Å². The van der Waals surface area contributed by atoms with E-state index in [-0.39, 0.29) is 6.03 Å². The van der Waals surface area contributed by atoms with Crippen molar-refractivity contribution in [3.63, 3.8) is 0 Å². The first-order valence-corrected chi connectivity index (χ1v) is 11.6. The fourth-order valence-corrected chi connectivity index (χ4v) is 4.71. The smallest absolute Gasteiger partial charge is 0.321 e. The standard InChI is InChI=1S/C28H27N5O3/c1-16-25(17(2)36-31-16)19-12-22(27(29)34)26-21-14-20(30-28(35)32(3)4)10-11-23(21)33(24(26)13-19)15-18-8-6-5-7-9-18/h5-14H,15H2,1-4H3,(H2,29,34)(H,30,35). The molecule has 0 spiro atoms. The van der Waals surface area contributed by atoms with Crippen LogP contribution in [0.4, 0.5) is 10.5 Å². The Kier molecular flexibility index (Phi) is 5.72. The summed E-state index contributed by atoms with van der Waals surface area (Å²) in [6.45, 7) is 4.31. The van der Waals surface area contributed by atoms with Crippen molar-refractivity contribution in [3.8, 4) is 11.1 Å². The number of anilines is 1. The number of aryl methyl sites for hydroxylation is 2. The monoisotopic (exact) mass is 481 g/mol. The molecule has 0 fully saturated rings. The number of aromatic nitrogens is 2. The lowest BCUT2D eigenvalue weighted by molar-refractivity contribution is 0.100. The Morgan fingerprint density at radius 2 is 1.78 bits per heavy atom. The zero-order valence-corrected chi connectivity index (χ0v) is 20.6. The molecule has 0 saturated heterocycles. The van der Waals surface area contributed by atoms with E-state index < -0.39 is 5.91 Å². The lowest BCUT2D eigenvalue weighted by atomic mass is 9.97. The van der Waals surface area contributed by atoms with Gasteiger partial charge in [-0.1, -0.05) is 35.5 Å². The molecule has 3 aromatic carbocycles. The zero-order chi connectivity index (χ0) is 25.6. The van der Waals surface area contributed by atoms with Crippen LogP contribution in [-0.2, 0) is 6.54 Å². The number of nitrogens with two attached hydrogens (primary N) is 1. The van der Waals surface area contributed by atoms with E-state index in [1.807, 2.05) is 50.2 Å². The highest BCUT2D eigenvalue weighted by molar-refractivity contribution is 6.19. The van der Waals surface area contributed by atoms with Gasteiger partial charge in [-0.25, -0.2) is 4.79 Å². The molecule has 0 atom stereocenters. The first-order valence-electron chi connectivity index (χ1n) is 11.6. The molecule has 0 unspecified atom stereocenters. The van der Waals surface area contributed by atoms with Gasteiger partial charge in [-0.3, -0.25) is 4.79 Å². The van der Waals surface area contributed by atoms with E-state index in [0.717, 1.165) is 44.2 Å². The van der Waals surface area contributed by atoms with Crippen LogP contribution in [0.25, 0.3) is 32.9 Å². The minimum Gasteiger partial charge on any atom is -0.366 e. The van der Waals surface area contributed by atoms with E-state index in [1.54, 1.807) is 20.2 Å². The second-order valence-electron chi connectivity index (χ2n) is 9.11. The number of carbonyl (C=O) groups is 2. The number of benzene rings is 3. The highest BCUT2D eigenvalue weighted by Crippen LogP contribution is 2.38. The molecule has 8 nitrogen and oxygen atoms in total. The van der Waals surface area contributed by atoms with Crippen molar-refractivity contribution < 1.29 is 14.1 Å². The average Bonchev–Trinajstić information content (AvgIpc) is 3.35. The quantitative estimate of drug-likeness (QED) is 0.355. The molecule has 0 aliphatic rings. The maximum atomic E-state index is 12.8. The van der Waals surface area contributed by atoms with E-state index in [2.05, 4.69) is 33.2 Å². The second-order valence-corrected chi connectivity index (χ2v) is 9.11. The van der Waals surface area contributed by atoms with Crippen molar-refractivity contribution in [2.24, 2.45) is 5.73 Å². The van der Waals surface area contributed by atoms with E-state index in [4.69, 9.17) is 10.3 Å². The molecule has 0 aliphatic heterocycles. The Labute approximate surface area is 208 Å². The molecule has 2 heterocycles. The Morgan fingerprint density at radius 1 is 1.03 bits per heavy atom. The van der Waals surface area contributed by atoms with Crippen LogP contribution in [-0.4, -0.2) is 40.7 Å². The van der Waals surface area contributed by atoms with Gasteiger partial charge >= 0.3 is 6.03 Å². The maximum absolute atomic E-state index is 12.8. The molecule has 182 valence electrons. The Balaban J connectivity index is 1.83. The maximum Gasteiger partial charge on any atom is 0.321 e. The third kappa shape index (κ3) is 3.96. The van der Waals surface area contributed by atoms with Crippen LogP contribution in [0.5, 0.6) is 0 Å². The minimum absolute atomic E-state index is 0.238. The summed E-state index contributed by atoms with van der Waals surface area (Å²) in [7, 11) is 3.36. The van der Waals surface area contributed by atoms with Crippen LogP contribution in [0, 0.1) is 13.8 Å². The summed E-state index contributed by atoms with van der Waals surface area (Å²) in [6.07, 6.45) is 0. The van der Waals surface area contributed by atoms with Gasteiger partial charge in [-0.15, -0.1) is 0 Å². The first kappa shape index (κ1) is 23.2. The molecule has 2 aromatic heterocycles. The van der Waals surface area contributed by atoms with E-state index in [0.29, 0.717) is 23.6 Å². The summed E-state index contributed by atoms with van der Waals surface area (Å²) in [5, 5.41) is 8.56. The molecular formula is C28H27N5O3. The predicted molar refractivity (Wildman–Crippen MR) is 141 cm³/mol. The summed E-state index contributed by atoms with van der Waals surface area (Å²) in [5.74, 6) is 0.136. The molecule has 5 aromatic rings. The molecule has 0 saturated carbocycles. The van der Waals surface area contributed by atoms with Crippen molar-refractivity contribution in [1.82, 2.24) is 14.6 Å². The van der Waals surface area contributed by atoms with Gasteiger partial charge in [0.2, 0.25) is 5.91 Å². The highest BCUT2D eigenvalue weighted by Gasteiger charge is 2.22. The Hall–Kier alpha value is -4.59. The Bertz CT molecular complexity index is 1610. The fraction of sp³-hybridized carbons (Fsp3) is 0.179. The topological polar surface area (TPSA) is 106 Å². The molecule has 0 radical (unpaired) electrons. The van der Waals surface area contributed by atoms with Gasteiger partial charge in [0, 0.05) is 53.7 Å². The molecule has 3 amide bonds. The largest absolute Gasteiger partial charge is 0.366 e. The third-order valence-corrected chi connectivity index (χ3v) is 6.39. The van der Waals surface area contributed by atoms with Gasteiger partial charge in [-0.05, 0) is 55.3 Å². The van der Waals surface area contributed by atoms with Gasteiger partial charge in [0.05, 0.1) is 11.2 Å². The van der Waals surface area contributed by atoms with Crippen LogP contribution in [0.15, 0.2) is 65.2 Å². The van der Waals surface area contributed by atoms with Crippen molar-refractivity contribution in [2.45, 2.75) is 20.4 Å². The van der Waals surface area contributed by atoms with Gasteiger partial charge in [0.1, 0.15) is 5.76 Å². The number of nitrogens with one attached hydrogen (secondary N) is 1. The van der Waals surface area contributed by atoms with Crippen LogP contribution in [0.2, 0.25) is 0 Å². The minimum atomic E-state index is -0.532. The SMILES string of the molecule is Cc1noc(C)c1-c1cc(C(N)=O)c2c3cc(NC(=O)N(C)C)ccc3n(Cc3ccccc3)c2c1. The lowest BCUT2D eigenvalue weighted by Gasteiger charge is -2.12. The molecule has 5 rings (SSSR count).